The van der Waals surface area contributed by atoms with Crippen LogP contribution in [0.25, 0.3) is 6.08 Å². The molecule has 1 aliphatic rings. The minimum atomic E-state index is -0.837. The fourth-order valence-corrected chi connectivity index (χ4v) is 5.38. The number of carbonyl (C=O) groups excluding carboxylic acids is 2. The van der Waals surface area contributed by atoms with Crippen LogP contribution in [0.15, 0.2) is 58.0 Å². The quantitative estimate of drug-likeness (QED) is 0.290. The highest BCUT2D eigenvalue weighted by molar-refractivity contribution is 7.07. The molecule has 0 saturated heterocycles. The van der Waals surface area contributed by atoms with E-state index < -0.39 is 18.0 Å². The molecule has 0 radical (unpaired) electrons. The summed E-state index contributed by atoms with van der Waals surface area (Å²) in [4.78, 5) is 43.5. The summed E-state index contributed by atoms with van der Waals surface area (Å²) in [6.45, 7) is 6.15. The molecule has 2 heterocycles. The molecule has 4 rings (SSSR count). The van der Waals surface area contributed by atoms with E-state index in [0.717, 1.165) is 11.3 Å². The molecule has 1 atom stereocenters. The Bertz CT molecular complexity index is 1670. The van der Waals surface area contributed by atoms with Gasteiger partial charge in [0.25, 0.3) is 5.56 Å². The number of carbonyl (C=O) groups is 2. The smallest absolute Gasteiger partial charge is 0.344 e. The van der Waals surface area contributed by atoms with E-state index in [4.69, 9.17) is 28.4 Å². The van der Waals surface area contributed by atoms with Crippen molar-refractivity contribution in [3.8, 4) is 23.0 Å². The Morgan fingerprint density at radius 1 is 0.976 bits per heavy atom. The minimum Gasteiger partial charge on any atom is -0.493 e. The van der Waals surface area contributed by atoms with Crippen molar-refractivity contribution in [3.05, 3.63) is 79.0 Å². The van der Waals surface area contributed by atoms with Gasteiger partial charge >= 0.3 is 11.9 Å². The Morgan fingerprint density at radius 2 is 1.74 bits per heavy atom. The average Bonchev–Trinajstić information content (AvgIpc) is 3.31. The minimum absolute atomic E-state index is 0.183. The predicted octanol–water partition coefficient (Wildman–Crippen LogP) is 2.77. The molecule has 42 heavy (non-hydrogen) atoms. The van der Waals surface area contributed by atoms with Crippen molar-refractivity contribution in [2.45, 2.75) is 26.8 Å². The van der Waals surface area contributed by atoms with Crippen LogP contribution in [0.3, 0.4) is 0 Å². The van der Waals surface area contributed by atoms with Gasteiger partial charge in [0.1, 0.15) is 0 Å². The van der Waals surface area contributed by atoms with Crippen molar-refractivity contribution in [2.75, 3.05) is 40.6 Å². The lowest BCUT2D eigenvalue weighted by Gasteiger charge is -2.23. The van der Waals surface area contributed by atoms with Gasteiger partial charge in [-0.05, 0) is 50.6 Å². The van der Waals surface area contributed by atoms with Crippen LogP contribution in [0.2, 0.25) is 0 Å². The van der Waals surface area contributed by atoms with Gasteiger partial charge in [-0.2, -0.15) is 0 Å². The normalized spacial score (nSPS) is 14.3. The summed E-state index contributed by atoms with van der Waals surface area (Å²) in [5.41, 5.74) is 0.917. The molecule has 0 saturated carbocycles. The molecule has 0 spiro atoms. The molecular formula is C30H32N2O9S. The number of esters is 2. The lowest BCUT2D eigenvalue weighted by atomic mass is 9.97. The van der Waals surface area contributed by atoms with Crippen molar-refractivity contribution in [3.63, 3.8) is 0 Å². The molecule has 0 amide bonds. The maximum Gasteiger partial charge on any atom is 0.344 e. The molecule has 0 unspecified atom stereocenters. The third-order valence-electron chi connectivity index (χ3n) is 6.16. The van der Waals surface area contributed by atoms with E-state index in [-0.39, 0.29) is 30.1 Å². The highest BCUT2D eigenvalue weighted by Crippen LogP contribution is 2.35. The number of nitrogens with zero attached hydrogens (tertiary/aromatic N) is 2. The summed E-state index contributed by atoms with van der Waals surface area (Å²) in [5, 5.41) is 0. The SMILES string of the molecule is CCOC(=O)COc1c(/C=c2/sc3n(c2=O)[C@H](c2ccc(OCC)c(OCC)c2)C(C(=O)OC)=CN=3)cccc1OC. The Morgan fingerprint density at radius 3 is 2.43 bits per heavy atom. The second-order valence-corrected chi connectivity index (χ2v) is 9.73. The molecule has 1 aromatic heterocycles. The van der Waals surface area contributed by atoms with Gasteiger partial charge in [0.15, 0.2) is 34.4 Å². The van der Waals surface area contributed by atoms with E-state index in [1.807, 2.05) is 13.8 Å². The average molecular weight is 597 g/mol. The Labute approximate surface area is 246 Å². The highest BCUT2D eigenvalue weighted by atomic mass is 32.1. The van der Waals surface area contributed by atoms with Gasteiger partial charge in [-0.3, -0.25) is 9.36 Å². The molecular weight excluding hydrogens is 564 g/mol. The van der Waals surface area contributed by atoms with Gasteiger partial charge in [-0.25, -0.2) is 14.6 Å². The van der Waals surface area contributed by atoms with E-state index in [2.05, 4.69) is 4.99 Å². The lowest BCUT2D eigenvalue weighted by molar-refractivity contribution is -0.145. The predicted molar refractivity (Wildman–Crippen MR) is 155 cm³/mol. The Balaban J connectivity index is 1.86. The first-order chi connectivity index (χ1) is 20.4. The first-order valence-corrected chi connectivity index (χ1v) is 14.1. The molecule has 2 aromatic carbocycles. The summed E-state index contributed by atoms with van der Waals surface area (Å²) >= 11 is 1.14. The molecule has 0 aliphatic carbocycles. The second kappa shape index (κ2) is 13.9. The third-order valence-corrected chi connectivity index (χ3v) is 7.16. The zero-order valence-electron chi connectivity index (χ0n) is 24.0. The van der Waals surface area contributed by atoms with Crippen LogP contribution in [0.4, 0.5) is 0 Å². The second-order valence-electron chi connectivity index (χ2n) is 8.72. The van der Waals surface area contributed by atoms with Gasteiger partial charge in [0.05, 0.1) is 50.2 Å². The highest BCUT2D eigenvalue weighted by Gasteiger charge is 2.31. The molecule has 11 nitrogen and oxygen atoms in total. The fourth-order valence-electron chi connectivity index (χ4n) is 4.42. The molecule has 222 valence electrons. The van der Waals surface area contributed by atoms with Gasteiger partial charge in [0, 0.05) is 11.8 Å². The van der Waals surface area contributed by atoms with E-state index in [1.54, 1.807) is 49.4 Å². The zero-order valence-corrected chi connectivity index (χ0v) is 24.8. The largest absolute Gasteiger partial charge is 0.493 e. The number of rotatable bonds is 12. The maximum atomic E-state index is 14.0. The van der Waals surface area contributed by atoms with Crippen molar-refractivity contribution < 1.29 is 38.0 Å². The molecule has 0 fully saturated rings. The van der Waals surface area contributed by atoms with Crippen LogP contribution in [0.5, 0.6) is 23.0 Å². The molecule has 3 aromatic rings. The molecule has 1 aliphatic heterocycles. The third kappa shape index (κ3) is 6.33. The van der Waals surface area contributed by atoms with Crippen LogP contribution in [-0.2, 0) is 19.1 Å². The van der Waals surface area contributed by atoms with Crippen molar-refractivity contribution >= 4 is 29.4 Å². The van der Waals surface area contributed by atoms with Crippen molar-refractivity contribution in [1.82, 2.24) is 4.57 Å². The Hall–Kier alpha value is -4.58. The van der Waals surface area contributed by atoms with E-state index in [1.165, 1.54) is 25.0 Å². The van der Waals surface area contributed by atoms with Gasteiger partial charge in [0.2, 0.25) is 0 Å². The summed E-state index contributed by atoms with van der Waals surface area (Å²) in [5.74, 6) is 0.536. The maximum absolute atomic E-state index is 14.0. The zero-order chi connectivity index (χ0) is 30.2. The topological polar surface area (TPSA) is 124 Å². The number of methoxy groups -OCH3 is 2. The summed E-state index contributed by atoms with van der Waals surface area (Å²) < 4.78 is 34.5. The van der Waals surface area contributed by atoms with Crippen molar-refractivity contribution in [2.24, 2.45) is 4.99 Å². The Kier molecular flexibility index (Phi) is 10.0. The summed E-state index contributed by atoms with van der Waals surface area (Å²) in [6.07, 6.45) is 3.05. The molecule has 0 N–H and O–H groups in total. The first kappa shape index (κ1) is 30.4. The fraction of sp³-hybridized carbons (Fsp3) is 0.333. The van der Waals surface area contributed by atoms with E-state index >= 15 is 0 Å². The van der Waals surface area contributed by atoms with Gasteiger partial charge < -0.3 is 28.4 Å². The summed E-state index contributed by atoms with van der Waals surface area (Å²) in [7, 11) is 2.75. The van der Waals surface area contributed by atoms with Crippen LogP contribution >= 0.6 is 11.3 Å². The number of ether oxygens (including phenoxy) is 6. The summed E-state index contributed by atoms with van der Waals surface area (Å²) in [6, 6.07) is 9.60. The first-order valence-electron chi connectivity index (χ1n) is 13.3. The number of benzene rings is 2. The van der Waals surface area contributed by atoms with Crippen molar-refractivity contribution in [1.29, 1.82) is 0 Å². The number of fused-ring (bicyclic) bond motifs is 1. The number of thiazole rings is 1. The van der Waals surface area contributed by atoms with Gasteiger partial charge in [-0.15, -0.1) is 0 Å². The van der Waals surface area contributed by atoms with Crippen LogP contribution in [0.1, 0.15) is 37.9 Å². The standard InChI is InChI=1S/C30H32N2O9S/c1-6-38-21-13-12-18(14-23(21)39-7-2)26-20(29(35)37-5)16-31-30-32(26)28(34)24(42-30)15-19-10-9-11-22(36-4)27(19)41-17-25(33)40-8-3/h9-16,26H,6-8,17H2,1-5H3/b24-15+/t26-/m1/s1. The van der Waals surface area contributed by atoms with E-state index in [0.29, 0.717) is 50.9 Å². The number of hydrogen-bond donors (Lipinski definition) is 0. The van der Waals surface area contributed by atoms with E-state index in [9.17, 15) is 14.4 Å². The molecule has 0 bridgehead atoms. The number of aromatic nitrogens is 1. The van der Waals surface area contributed by atoms with Gasteiger partial charge in [-0.1, -0.05) is 29.5 Å². The molecule has 12 heteroatoms. The number of hydrogen-bond acceptors (Lipinski definition) is 11. The van der Waals surface area contributed by atoms with Crippen LogP contribution in [0, 0.1) is 0 Å². The van der Waals surface area contributed by atoms with Crippen LogP contribution in [-0.4, -0.2) is 57.2 Å². The monoisotopic (exact) mass is 596 g/mol. The lowest BCUT2D eigenvalue weighted by Crippen LogP contribution is -2.39. The number of para-hydroxylation sites is 1. The van der Waals surface area contributed by atoms with Crippen LogP contribution < -0.4 is 33.8 Å².